The monoisotopic (exact) mass is 303 g/mol. The number of ether oxygens (including phenoxy) is 1. The Morgan fingerprint density at radius 3 is 2.67 bits per heavy atom. The Morgan fingerprint density at radius 2 is 2.19 bits per heavy atom. The number of nitrogens with two attached hydrogens (primary N) is 1. The fourth-order valence-corrected chi connectivity index (χ4v) is 1.88. The molecule has 1 aromatic rings. The molecule has 1 heterocycles. The van der Waals surface area contributed by atoms with Gasteiger partial charge in [0.2, 0.25) is 5.88 Å². The first-order valence-electron chi connectivity index (χ1n) is 6.55. The molecule has 0 spiro atoms. The van der Waals surface area contributed by atoms with Crippen LogP contribution in [-0.2, 0) is 0 Å². The minimum atomic E-state index is -4.42. The lowest BCUT2D eigenvalue weighted by Crippen LogP contribution is -2.41. The Hall–Kier alpha value is -1.83. The average molecular weight is 303 g/mol. The molecule has 1 unspecified atom stereocenters. The van der Waals surface area contributed by atoms with Gasteiger partial charge in [-0.2, -0.15) is 13.2 Å². The standard InChI is InChI=1S/C13H16F3N3O2/c14-13(15,16)7-21-11-4-3-9(6-18-11)12(20)19-10(5-17)8-1-2-8/h3-4,6,8,10H,1-2,5,7,17H2,(H,19,20). The van der Waals surface area contributed by atoms with Crippen LogP contribution in [0.15, 0.2) is 18.3 Å². The molecule has 8 heteroatoms. The van der Waals surface area contributed by atoms with E-state index in [0.29, 0.717) is 12.5 Å². The molecule has 0 bridgehead atoms. The largest absolute Gasteiger partial charge is 0.468 e. The molecule has 1 atom stereocenters. The SMILES string of the molecule is NCC(NC(=O)c1ccc(OCC(F)(F)F)nc1)C1CC1. The van der Waals surface area contributed by atoms with Crippen LogP contribution in [0.25, 0.3) is 0 Å². The normalized spacial score (nSPS) is 16.4. The van der Waals surface area contributed by atoms with Crippen LogP contribution < -0.4 is 15.8 Å². The molecule has 1 aliphatic rings. The van der Waals surface area contributed by atoms with Crippen molar-refractivity contribution in [2.45, 2.75) is 25.1 Å². The van der Waals surface area contributed by atoms with E-state index in [2.05, 4.69) is 15.0 Å². The summed E-state index contributed by atoms with van der Waals surface area (Å²) in [5, 5.41) is 2.80. The lowest BCUT2D eigenvalue weighted by Gasteiger charge is -2.16. The third-order valence-corrected chi connectivity index (χ3v) is 3.14. The average Bonchev–Trinajstić information content (AvgIpc) is 3.26. The first-order chi connectivity index (χ1) is 9.89. The molecule has 116 valence electrons. The Morgan fingerprint density at radius 1 is 1.48 bits per heavy atom. The van der Waals surface area contributed by atoms with Crippen molar-refractivity contribution >= 4 is 5.91 Å². The maximum absolute atomic E-state index is 12.0. The number of carbonyl (C=O) groups is 1. The van der Waals surface area contributed by atoms with Crippen molar-refractivity contribution in [3.63, 3.8) is 0 Å². The summed E-state index contributed by atoms with van der Waals surface area (Å²) >= 11 is 0. The molecular weight excluding hydrogens is 287 g/mol. The highest BCUT2D eigenvalue weighted by Crippen LogP contribution is 2.32. The van der Waals surface area contributed by atoms with E-state index in [1.807, 2.05) is 0 Å². The number of nitrogens with one attached hydrogen (secondary N) is 1. The van der Waals surface area contributed by atoms with Gasteiger partial charge in [0, 0.05) is 24.8 Å². The van der Waals surface area contributed by atoms with Gasteiger partial charge >= 0.3 is 6.18 Å². The van der Waals surface area contributed by atoms with Crippen molar-refractivity contribution in [3.05, 3.63) is 23.9 Å². The maximum Gasteiger partial charge on any atom is 0.422 e. The molecule has 1 aliphatic carbocycles. The van der Waals surface area contributed by atoms with Crippen molar-refractivity contribution in [2.24, 2.45) is 11.7 Å². The highest BCUT2D eigenvalue weighted by atomic mass is 19.4. The minimum Gasteiger partial charge on any atom is -0.468 e. The molecule has 0 radical (unpaired) electrons. The molecule has 1 aromatic heterocycles. The first-order valence-corrected chi connectivity index (χ1v) is 6.55. The summed E-state index contributed by atoms with van der Waals surface area (Å²) in [6.45, 7) is -1.06. The molecular formula is C13H16F3N3O2. The molecule has 3 N–H and O–H groups in total. The van der Waals surface area contributed by atoms with Crippen LogP contribution >= 0.6 is 0 Å². The molecule has 1 fully saturated rings. The quantitative estimate of drug-likeness (QED) is 0.834. The summed E-state index contributed by atoms with van der Waals surface area (Å²) in [5.41, 5.74) is 5.85. The van der Waals surface area contributed by atoms with Crippen LogP contribution in [0, 0.1) is 5.92 Å². The van der Waals surface area contributed by atoms with Gasteiger partial charge in [0.15, 0.2) is 6.61 Å². The summed E-state index contributed by atoms with van der Waals surface area (Å²) in [4.78, 5) is 15.6. The second-order valence-electron chi connectivity index (χ2n) is 4.94. The van der Waals surface area contributed by atoms with Crippen LogP contribution in [-0.4, -0.2) is 36.3 Å². The summed E-state index contributed by atoms with van der Waals surface area (Å²) in [6, 6.07) is 2.53. The van der Waals surface area contributed by atoms with Crippen LogP contribution in [0.2, 0.25) is 0 Å². The van der Waals surface area contributed by atoms with Crippen LogP contribution in [0.5, 0.6) is 5.88 Å². The second kappa shape index (κ2) is 6.30. The third kappa shape index (κ3) is 4.89. The fraction of sp³-hybridized carbons (Fsp3) is 0.538. The number of hydrogen-bond donors (Lipinski definition) is 2. The minimum absolute atomic E-state index is 0.0707. The Kier molecular flexibility index (Phi) is 4.66. The zero-order valence-electron chi connectivity index (χ0n) is 11.2. The Bertz CT molecular complexity index is 486. The highest BCUT2D eigenvalue weighted by molar-refractivity contribution is 5.94. The summed E-state index contributed by atoms with van der Waals surface area (Å²) in [5.74, 6) is -0.102. The predicted molar refractivity (Wildman–Crippen MR) is 68.8 cm³/mol. The van der Waals surface area contributed by atoms with E-state index in [9.17, 15) is 18.0 Å². The molecule has 0 saturated heterocycles. The second-order valence-corrected chi connectivity index (χ2v) is 4.94. The van der Waals surface area contributed by atoms with E-state index in [4.69, 9.17) is 5.73 Å². The van der Waals surface area contributed by atoms with Gasteiger partial charge in [-0.05, 0) is 24.8 Å². The molecule has 0 aromatic carbocycles. The van der Waals surface area contributed by atoms with Gasteiger partial charge in [-0.15, -0.1) is 0 Å². The number of alkyl halides is 3. The van der Waals surface area contributed by atoms with Crippen molar-refractivity contribution in [1.82, 2.24) is 10.3 Å². The van der Waals surface area contributed by atoms with Gasteiger partial charge in [0.05, 0.1) is 5.56 Å². The number of pyridine rings is 1. The summed E-state index contributed by atoms with van der Waals surface area (Å²) in [6.07, 6.45) is -1.15. The van der Waals surface area contributed by atoms with E-state index < -0.39 is 12.8 Å². The van der Waals surface area contributed by atoms with E-state index >= 15 is 0 Å². The van der Waals surface area contributed by atoms with Gasteiger partial charge in [-0.3, -0.25) is 4.79 Å². The molecule has 5 nitrogen and oxygen atoms in total. The van der Waals surface area contributed by atoms with Gasteiger partial charge in [0.1, 0.15) is 0 Å². The van der Waals surface area contributed by atoms with Crippen molar-refractivity contribution in [2.75, 3.05) is 13.2 Å². The number of aromatic nitrogens is 1. The molecule has 1 amide bonds. The van der Waals surface area contributed by atoms with Gasteiger partial charge in [0.25, 0.3) is 5.91 Å². The van der Waals surface area contributed by atoms with Crippen LogP contribution in [0.3, 0.4) is 0 Å². The van der Waals surface area contributed by atoms with Crippen molar-refractivity contribution in [3.8, 4) is 5.88 Å². The molecule has 1 saturated carbocycles. The molecule has 2 rings (SSSR count). The first kappa shape index (κ1) is 15.6. The smallest absolute Gasteiger partial charge is 0.422 e. The van der Waals surface area contributed by atoms with Crippen molar-refractivity contribution < 1.29 is 22.7 Å². The molecule has 21 heavy (non-hydrogen) atoms. The third-order valence-electron chi connectivity index (χ3n) is 3.14. The summed E-state index contributed by atoms with van der Waals surface area (Å²) < 4.78 is 40.4. The number of carbonyl (C=O) groups excluding carboxylic acids is 1. The fourth-order valence-electron chi connectivity index (χ4n) is 1.88. The van der Waals surface area contributed by atoms with Crippen LogP contribution in [0.4, 0.5) is 13.2 Å². The maximum atomic E-state index is 12.0. The molecule has 0 aliphatic heterocycles. The lowest BCUT2D eigenvalue weighted by atomic mass is 10.1. The Labute approximate surface area is 119 Å². The van der Waals surface area contributed by atoms with E-state index in [1.165, 1.54) is 18.3 Å². The number of nitrogens with zero attached hydrogens (tertiary/aromatic N) is 1. The number of halogens is 3. The van der Waals surface area contributed by atoms with Gasteiger partial charge < -0.3 is 15.8 Å². The predicted octanol–water partition coefficient (Wildman–Crippen LogP) is 1.49. The number of hydrogen-bond acceptors (Lipinski definition) is 4. The Balaban J connectivity index is 1.90. The topological polar surface area (TPSA) is 77.2 Å². The van der Waals surface area contributed by atoms with Gasteiger partial charge in [-0.1, -0.05) is 0 Å². The zero-order chi connectivity index (χ0) is 15.5. The van der Waals surface area contributed by atoms with Crippen LogP contribution in [0.1, 0.15) is 23.2 Å². The lowest BCUT2D eigenvalue weighted by molar-refractivity contribution is -0.154. The zero-order valence-corrected chi connectivity index (χ0v) is 11.2. The van der Waals surface area contributed by atoms with Crippen molar-refractivity contribution in [1.29, 1.82) is 0 Å². The number of amides is 1. The van der Waals surface area contributed by atoms with E-state index in [-0.39, 0.29) is 23.4 Å². The van der Waals surface area contributed by atoms with Gasteiger partial charge in [-0.25, -0.2) is 4.98 Å². The highest BCUT2D eigenvalue weighted by Gasteiger charge is 2.31. The summed E-state index contributed by atoms with van der Waals surface area (Å²) in [7, 11) is 0. The van der Waals surface area contributed by atoms with E-state index in [0.717, 1.165) is 12.8 Å². The van der Waals surface area contributed by atoms with E-state index in [1.54, 1.807) is 0 Å². The number of rotatable bonds is 6.